The fourth-order valence-electron chi connectivity index (χ4n) is 1.84. The van der Waals surface area contributed by atoms with E-state index in [0.29, 0.717) is 12.8 Å². The van der Waals surface area contributed by atoms with Crippen LogP contribution in [-0.2, 0) is 17.6 Å². The van der Waals surface area contributed by atoms with Gasteiger partial charge < -0.3 is 5.11 Å². The van der Waals surface area contributed by atoms with Crippen molar-refractivity contribution in [3.63, 3.8) is 0 Å². The quantitative estimate of drug-likeness (QED) is 0.900. The number of hydrogen-bond donors (Lipinski definition) is 1. The summed E-state index contributed by atoms with van der Waals surface area (Å²) in [6.07, 6.45) is 2.86. The molecule has 0 saturated heterocycles. The van der Waals surface area contributed by atoms with Gasteiger partial charge in [-0.1, -0.05) is 29.8 Å². The van der Waals surface area contributed by atoms with Crippen molar-refractivity contribution in [3.05, 3.63) is 52.0 Å². The number of hydrogen-bond acceptors (Lipinski definition) is 3. The van der Waals surface area contributed by atoms with Gasteiger partial charge in [0.2, 0.25) is 0 Å². The van der Waals surface area contributed by atoms with Crippen molar-refractivity contribution in [2.75, 3.05) is 0 Å². The van der Waals surface area contributed by atoms with Crippen LogP contribution in [0.3, 0.4) is 0 Å². The Labute approximate surface area is 110 Å². The topological polar surface area (TPSA) is 50.2 Å². The third-order valence-electron chi connectivity index (χ3n) is 2.88. The highest BCUT2D eigenvalue weighted by molar-refractivity contribution is 7.09. The molecule has 2 rings (SSSR count). The van der Waals surface area contributed by atoms with E-state index in [9.17, 15) is 9.90 Å². The molecule has 0 fully saturated rings. The van der Waals surface area contributed by atoms with Crippen LogP contribution in [0.4, 0.5) is 0 Å². The minimum Gasteiger partial charge on any atom is -0.481 e. The normalized spacial score (nSPS) is 12.3. The fraction of sp³-hybridized carbons (Fsp3) is 0.286. The van der Waals surface area contributed by atoms with Gasteiger partial charge in [-0.2, -0.15) is 0 Å². The number of aryl methyl sites for hydroxylation is 1. The van der Waals surface area contributed by atoms with Gasteiger partial charge in [-0.05, 0) is 25.3 Å². The molecule has 3 nitrogen and oxygen atoms in total. The molecule has 1 heterocycles. The number of nitrogens with zero attached hydrogens (tertiary/aromatic N) is 1. The van der Waals surface area contributed by atoms with Gasteiger partial charge in [0.15, 0.2) is 0 Å². The zero-order valence-electron chi connectivity index (χ0n) is 10.2. The average Bonchev–Trinajstić information content (AvgIpc) is 2.84. The van der Waals surface area contributed by atoms with E-state index in [-0.39, 0.29) is 5.92 Å². The van der Waals surface area contributed by atoms with Gasteiger partial charge in [0.05, 0.1) is 11.4 Å². The molecule has 0 radical (unpaired) electrons. The number of carbonyl (C=O) groups is 1. The van der Waals surface area contributed by atoms with Crippen LogP contribution in [0.5, 0.6) is 0 Å². The monoisotopic (exact) mass is 261 g/mol. The Kier molecular flexibility index (Phi) is 4.10. The van der Waals surface area contributed by atoms with Gasteiger partial charge in [0.1, 0.15) is 0 Å². The van der Waals surface area contributed by atoms with Gasteiger partial charge in [0.25, 0.3) is 0 Å². The molecule has 1 unspecified atom stereocenters. The van der Waals surface area contributed by atoms with E-state index in [1.165, 1.54) is 16.9 Å². The van der Waals surface area contributed by atoms with Crippen LogP contribution < -0.4 is 0 Å². The SMILES string of the molecule is Cc1ccc(CC(Cc2cncs2)C(=O)O)cc1. The van der Waals surface area contributed by atoms with Gasteiger partial charge in [0, 0.05) is 11.1 Å². The molecule has 2 aromatic rings. The van der Waals surface area contributed by atoms with Crippen molar-refractivity contribution in [1.82, 2.24) is 4.98 Å². The summed E-state index contributed by atoms with van der Waals surface area (Å²) in [5, 5.41) is 9.27. The van der Waals surface area contributed by atoms with E-state index in [2.05, 4.69) is 4.98 Å². The Hall–Kier alpha value is -1.68. The molecule has 0 aliphatic rings. The molecule has 0 spiro atoms. The molecule has 18 heavy (non-hydrogen) atoms. The lowest BCUT2D eigenvalue weighted by molar-refractivity contribution is -0.141. The summed E-state index contributed by atoms with van der Waals surface area (Å²) in [6, 6.07) is 8.03. The smallest absolute Gasteiger partial charge is 0.307 e. The molecule has 0 bridgehead atoms. The highest BCUT2D eigenvalue weighted by atomic mass is 32.1. The van der Waals surface area contributed by atoms with Crippen molar-refractivity contribution < 1.29 is 9.90 Å². The van der Waals surface area contributed by atoms with Crippen LogP contribution in [-0.4, -0.2) is 16.1 Å². The van der Waals surface area contributed by atoms with E-state index in [0.717, 1.165) is 10.4 Å². The van der Waals surface area contributed by atoms with Crippen molar-refractivity contribution in [2.24, 2.45) is 5.92 Å². The first-order chi connectivity index (χ1) is 8.65. The third-order valence-corrected chi connectivity index (χ3v) is 3.68. The number of aromatic nitrogens is 1. The molecular formula is C14H15NO2S. The zero-order chi connectivity index (χ0) is 13.0. The molecule has 1 aromatic carbocycles. The van der Waals surface area contributed by atoms with Crippen molar-refractivity contribution in [2.45, 2.75) is 19.8 Å². The molecule has 1 N–H and O–H groups in total. The maximum Gasteiger partial charge on any atom is 0.307 e. The number of carboxylic acid groups (broad SMARTS) is 1. The molecule has 0 aliphatic heterocycles. The Balaban J connectivity index is 2.06. The van der Waals surface area contributed by atoms with Gasteiger partial charge >= 0.3 is 5.97 Å². The minimum absolute atomic E-state index is 0.381. The first kappa shape index (κ1) is 12.8. The second-order valence-electron chi connectivity index (χ2n) is 4.40. The summed E-state index contributed by atoms with van der Waals surface area (Å²) in [7, 11) is 0. The molecule has 0 aliphatic carbocycles. The van der Waals surface area contributed by atoms with Gasteiger partial charge in [-0.3, -0.25) is 9.78 Å². The molecular weight excluding hydrogens is 246 g/mol. The average molecular weight is 261 g/mol. The van der Waals surface area contributed by atoms with Gasteiger partial charge in [-0.15, -0.1) is 11.3 Å². The number of thiazole rings is 1. The number of aliphatic carboxylic acids is 1. The summed E-state index contributed by atoms with van der Waals surface area (Å²) in [4.78, 5) is 16.3. The zero-order valence-corrected chi connectivity index (χ0v) is 11.0. The molecule has 1 atom stereocenters. The number of rotatable bonds is 5. The van der Waals surface area contributed by atoms with Crippen molar-refractivity contribution in [3.8, 4) is 0 Å². The van der Waals surface area contributed by atoms with Crippen LogP contribution in [0, 0.1) is 12.8 Å². The summed E-state index contributed by atoms with van der Waals surface area (Å²) in [6.45, 7) is 2.02. The second-order valence-corrected chi connectivity index (χ2v) is 5.37. The lowest BCUT2D eigenvalue weighted by Gasteiger charge is -2.11. The fourth-order valence-corrected chi connectivity index (χ4v) is 2.52. The van der Waals surface area contributed by atoms with Crippen LogP contribution in [0.2, 0.25) is 0 Å². The summed E-state index contributed by atoms with van der Waals surface area (Å²) in [5.41, 5.74) is 3.99. The van der Waals surface area contributed by atoms with Crippen LogP contribution in [0.15, 0.2) is 36.0 Å². The highest BCUT2D eigenvalue weighted by Crippen LogP contribution is 2.18. The molecule has 0 amide bonds. The molecule has 1 aromatic heterocycles. The Morgan fingerprint density at radius 2 is 2.06 bits per heavy atom. The maximum absolute atomic E-state index is 11.3. The molecule has 94 valence electrons. The predicted octanol–water partition coefficient (Wildman–Crippen LogP) is 2.94. The van der Waals surface area contributed by atoms with E-state index in [4.69, 9.17) is 0 Å². The first-order valence-electron chi connectivity index (χ1n) is 5.81. The summed E-state index contributed by atoms with van der Waals surface area (Å²) >= 11 is 1.51. The van der Waals surface area contributed by atoms with E-state index < -0.39 is 5.97 Å². The maximum atomic E-state index is 11.3. The molecule has 4 heteroatoms. The number of carboxylic acids is 1. The third kappa shape index (κ3) is 3.40. The van der Waals surface area contributed by atoms with E-state index >= 15 is 0 Å². The lowest BCUT2D eigenvalue weighted by Crippen LogP contribution is -2.18. The number of benzene rings is 1. The summed E-state index contributed by atoms with van der Waals surface area (Å²) in [5.74, 6) is -1.13. The standard InChI is InChI=1S/C14H15NO2S/c1-10-2-4-11(5-3-10)6-12(14(16)17)7-13-8-15-9-18-13/h2-5,8-9,12H,6-7H2,1H3,(H,16,17). The predicted molar refractivity (Wildman–Crippen MR) is 71.8 cm³/mol. The van der Waals surface area contributed by atoms with E-state index in [1.54, 1.807) is 11.7 Å². The Morgan fingerprint density at radius 3 is 2.61 bits per heavy atom. The minimum atomic E-state index is -0.746. The largest absolute Gasteiger partial charge is 0.481 e. The second kappa shape index (κ2) is 5.78. The summed E-state index contributed by atoms with van der Waals surface area (Å²) < 4.78 is 0. The van der Waals surface area contributed by atoms with E-state index in [1.807, 2.05) is 31.2 Å². The Morgan fingerprint density at radius 1 is 1.33 bits per heavy atom. The Bertz CT molecular complexity index is 505. The highest BCUT2D eigenvalue weighted by Gasteiger charge is 2.19. The molecule has 0 saturated carbocycles. The van der Waals surface area contributed by atoms with Crippen LogP contribution in [0.25, 0.3) is 0 Å². The lowest BCUT2D eigenvalue weighted by atomic mass is 9.95. The van der Waals surface area contributed by atoms with Crippen LogP contribution >= 0.6 is 11.3 Å². The van der Waals surface area contributed by atoms with Crippen molar-refractivity contribution in [1.29, 1.82) is 0 Å². The first-order valence-corrected chi connectivity index (χ1v) is 6.69. The van der Waals surface area contributed by atoms with Crippen LogP contribution in [0.1, 0.15) is 16.0 Å². The van der Waals surface area contributed by atoms with Gasteiger partial charge in [-0.25, -0.2) is 0 Å². The van der Waals surface area contributed by atoms with Crippen molar-refractivity contribution >= 4 is 17.3 Å².